The van der Waals surface area contributed by atoms with Crippen molar-refractivity contribution in [2.24, 2.45) is 0 Å². The van der Waals surface area contributed by atoms with E-state index in [-0.39, 0.29) is 0 Å². The van der Waals surface area contributed by atoms with E-state index >= 15 is 0 Å². The van der Waals surface area contributed by atoms with Crippen LogP contribution in [-0.4, -0.2) is 4.57 Å². The first-order chi connectivity index (χ1) is 10.3. The van der Waals surface area contributed by atoms with Crippen molar-refractivity contribution in [3.05, 3.63) is 71.4 Å². The third-order valence-corrected chi connectivity index (χ3v) is 4.83. The maximum Gasteiger partial charge on any atom is 0.0488 e. The van der Waals surface area contributed by atoms with Crippen LogP contribution in [0.5, 0.6) is 0 Å². The molecule has 106 valence electrons. The molecule has 0 radical (unpaired) electrons. The van der Waals surface area contributed by atoms with E-state index < -0.39 is 0 Å². The number of para-hydroxylation sites is 1. The van der Waals surface area contributed by atoms with Crippen LogP contribution in [0.2, 0.25) is 0 Å². The van der Waals surface area contributed by atoms with Crippen molar-refractivity contribution in [2.75, 3.05) is 0 Å². The van der Waals surface area contributed by atoms with Gasteiger partial charge in [0.05, 0.1) is 0 Å². The van der Waals surface area contributed by atoms with Crippen LogP contribution in [0.4, 0.5) is 0 Å². The molecule has 2 aromatic carbocycles. The Bertz CT molecular complexity index is 767. The fourth-order valence-electron chi connectivity index (χ4n) is 3.88. The average molecular weight is 275 g/mol. The lowest BCUT2D eigenvalue weighted by Crippen LogP contribution is -2.12. The predicted molar refractivity (Wildman–Crippen MR) is 88.8 cm³/mol. The number of nitrogens with zero attached hydrogens (tertiary/aromatic N) is 1. The minimum atomic E-state index is 0.671. The molecule has 1 aromatic heterocycles. The molecule has 1 heteroatoms. The van der Waals surface area contributed by atoms with Crippen LogP contribution in [0.3, 0.4) is 0 Å². The van der Waals surface area contributed by atoms with E-state index in [1.165, 1.54) is 35.7 Å². The summed E-state index contributed by atoms with van der Waals surface area (Å²) in [6, 6.07) is 19.7. The van der Waals surface area contributed by atoms with Gasteiger partial charge in [0.2, 0.25) is 0 Å². The van der Waals surface area contributed by atoms with Crippen molar-refractivity contribution in [3.8, 4) is 0 Å². The Morgan fingerprint density at radius 2 is 1.76 bits per heavy atom. The number of hydrogen-bond donors (Lipinski definition) is 0. The maximum atomic E-state index is 2.56. The van der Waals surface area contributed by atoms with Gasteiger partial charge in [-0.15, -0.1) is 0 Å². The molecule has 1 heterocycles. The van der Waals surface area contributed by atoms with Crippen molar-refractivity contribution in [1.82, 2.24) is 4.57 Å². The van der Waals surface area contributed by atoms with Gasteiger partial charge in [-0.2, -0.15) is 0 Å². The number of benzene rings is 2. The summed E-state index contributed by atoms with van der Waals surface area (Å²) in [6.07, 6.45) is 3.88. The molecule has 0 N–H and O–H groups in total. The van der Waals surface area contributed by atoms with Gasteiger partial charge < -0.3 is 4.57 Å². The second kappa shape index (κ2) is 5.07. The Labute approximate surface area is 126 Å². The molecule has 21 heavy (non-hydrogen) atoms. The first kappa shape index (κ1) is 12.7. The van der Waals surface area contributed by atoms with Gasteiger partial charge >= 0.3 is 0 Å². The van der Waals surface area contributed by atoms with Gasteiger partial charge in [0.25, 0.3) is 0 Å². The van der Waals surface area contributed by atoms with Crippen LogP contribution < -0.4 is 0 Å². The fraction of sp³-hybridized carbons (Fsp3) is 0.300. The summed E-state index contributed by atoms with van der Waals surface area (Å²) in [4.78, 5) is 0. The molecule has 1 unspecified atom stereocenters. The molecule has 3 aromatic rings. The molecular formula is C20H21N. The first-order valence-corrected chi connectivity index (χ1v) is 7.98. The third kappa shape index (κ3) is 2.08. The zero-order chi connectivity index (χ0) is 14.2. The zero-order valence-electron chi connectivity index (χ0n) is 12.5. The first-order valence-electron chi connectivity index (χ1n) is 7.98. The summed E-state index contributed by atoms with van der Waals surface area (Å²) in [5, 5.41) is 1.47. The molecule has 0 bridgehead atoms. The molecule has 1 nitrogen and oxygen atoms in total. The standard InChI is InChI=1S/C20H21N/c1-15-8-7-12-18-17-11-5-6-13-19(17)21(20(15)18)14-16-9-3-2-4-10-16/h2-6,9-11,13,15H,7-8,12,14H2,1H3. The summed E-state index contributed by atoms with van der Waals surface area (Å²) in [5.74, 6) is 0.671. The molecule has 0 saturated carbocycles. The van der Waals surface area contributed by atoms with Crippen LogP contribution in [-0.2, 0) is 13.0 Å². The molecule has 1 atom stereocenters. The largest absolute Gasteiger partial charge is 0.340 e. The Morgan fingerprint density at radius 3 is 2.62 bits per heavy atom. The second-order valence-corrected chi connectivity index (χ2v) is 6.25. The Morgan fingerprint density at radius 1 is 1.00 bits per heavy atom. The highest BCUT2D eigenvalue weighted by Gasteiger charge is 2.24. The minimum Gasteiger partial charge on any atom is -0.340 e. The van der Waals surface area contributed by atoms with Crippen LogP contribution in [0, 0.1) is 0 Å². The molecule has 0 aliphatic heterocycles. The van der Waals surface area contributed by atoms with Crippen molar-refractivity contribution < 1.29 is 0 Å². The summed E-state index contributed by atoms with van der Waals surface area (Å²) in [5.41, 5.74) is 5.96. The lowest BCUT2D eigenvalue weighted by molar-refractivity contribution is 0.552. The smallest absolute Gasteiger partial charge is 0.0488 e. The Hall–Kier alpha value is -2.02. The van der Waals surface area contributed by atoms with E-state index in [2.05, 4.69) is 66.1 Å². The highest BCUT2D eigenvalue weighted by atomic mass is 15.0. The van der Waals surface area contributed by atoms with Gasteiger partial charge in [-0.3, -0.25) is 0 Å². The third-order valence-electron chi connectivity index (χ3n) is 4.83. The number of fused-ring (bicyclic) bond motifs is 3. The second-order valence-electron chi connectivity index (χ2n) is 6.25. The quantitative estimate of drug-likeness (QED) is 0.611. The Kier molecular flexibility index (Phi) is 3.07. The molecule has 4 rings (SSSR count). The summed E-state index contributed by atoms with van der Waals surface area (Å²) < 4.78 is 2.56. The molecule has 0 fully saturated rings. The van der Waals surface area contributed by atoms with E-state index in [9.17, 15) is 0 Å². The average Bonchev–Trinajstić information content (AvgIpc) is 2.84. The van der Waals surface area contributed by atoms with Crippen molar-refractivity contribution in [2.45, 2.75) is 38.6 Å². The molecular weight excluding hydrogens is 254 g/mol. The molecule has 1 aliphatic rings. The number of aryl methyl sites for hydroxylation is 1. The predicted octanol–water partition coefficient (Wildman–Crippen LogP) is 5.13. The monoisotopic (exact) mass is 275 g/mol. The molecule has 0 amide bonds. The SMILES string of the molecule is CC1CCCc2c1n(Cc1ccccc1)c1ccccc21. The highest BCUT2D eigenvalue weighted by Crippen LogP contribution is 2.38. The number of aromatic nitrogens is 1. The van der Waals surface area contributed by atoms with Crippen LogP contribution in [0.15, 0.2) is 54.6 Å². The van der Waals surface area contributed by atoms with Crippen molar-refractivity contribution >= 4 is 10.9 Å². The van der Waals surface area contributed by atoms with Gasteiger partial charge in [-0.05, 0) is 42.4 Å². The lowest BCUT2D eigenvalue weighted by atomic mass is 9.88. The fourth-order valence-corrected chi connectivity index (χ4v) is 3.88. The van der Waals surface area contributed by atoms with Crippen LogP contribution in [0.25, 0.3) is 10.9 Å². The molecule has 0 spiro atoms. The summed E-state index contributed by atoms with van der Waals surface area (Å²) in [6.45, 7) is 3.37. The van der Waals surface area contributed by atoms with Gasteiger partial charge in [0, 0.05) is 23.1 Å². The minimum absolute atomic E-state index is 0.671. The van der Waals surface area contributed by atoms with E-state index in [0.29, 0.717) is 5.92 Å². The van der Waals surface area contributed by atoms with Crippen molar-refractivity contribution in [1.29, 1.82) is 0 Å². The van der Waals surface area contributed by atoms with Gasteiger partial charge in [0.1, 0.15) is 0 Å². The van der Waals surface area contributed by atoms with Crippen LogP contribution >= 0.6 is 0 Å². The van der Waals surface area contributed by atoms with Crippen LogP contribution in [0.1, 0.15) is 42.5 Å². The summed E-state index contributed by atoms with van der Waals surface area (Å²) >= 11 is 0. The molecule has 1 aliphatic carbocycles. The number of rotatable bonds is 2. The van der Waals surface area contributed by atoms with E-state index in [4.69, 9.17) is 0 Å². The Balaban J connectivity index is 1.93. The van der Waals surface area contributed by atoms with Gasteiger partial charge in [0.15, 0.2) is 0 Å². The van der Waals surface area contributed by atoms with E-state index in [0.717, 1.165) is 6.54 Å². The van der Waals surface area contributed by atoms with Gasteiger partial charge in [-0.1, -0.05) is 55.5 Å². The zero-order valence-corrected chi connectivity index (χ0v) is 12.5. The van der Waals surface area contributed by atoms with E-state index in [1.54, 1.807) is 11.3 Å². The number of hydrogen-bond acceptors (Lipinski definition) is 0. The topological polar surface area (TPSA) is 4.93 Å². The summed E-state index contributed by atoms with van der Waals surface area (Å²) in [7, 11) is 0. The maximum absolute atomic E-state index is 2.56. The van der Waals surface area contributed by atoms with E-state index in [1.807, 2.05) is 0 Å². The normalized spacial score (nSPS) is 17.9. The lowest BCUT2D eigenvalue weighted by Gasteiger charge is -2.22. The molecule has 0 saturated heterocycles. The van der Waals surface area contributed by atoms with Crippen molar-refractivity contribution in [3.63, 3.8) is 0 Å². The van der Waals surface area contributed by atoms with Gasteiger partial charge in [-0.25, -0.2) is 0 Å². The highest BCUT2D eigenvalue weighted by molar-refractivity contribution is 5.86.